The molecule has 2 bridgehead atoms. The molecule has 0 aromatic heterocycles. The van der Waals surface area contributed by atoms with Gasteiger partial charge in [0.1, 0.15) is 5.78 Å². The van der Waals surface area contributed by atoms with Crippen molar-refractivity contribution in [3.8, 4) is 0 Å². The first-order chi connectivity index (χ1) is 6.11. The Kier molecular flexibility index (Phi) is 1.87. The summed E-state index contributed by atoms with van der Waals surface area (Å²) < 4.78 is 5.38. The van der Waals surface area contributed by atoms with Gasteiger partial charge in [0.05, 0.1) is 18.1 Å². The van der Waals surface area contributed by atoms with E-state index in [-0.39, 0.29) is 18.0 Å². The molecule has 2 unspecified atom stereocenters. The molecule has 2 fully saturated rings. The fourth-order valence-corrected chi connectivity index (χ4v) is 2.49. The van der Waals surface area contributed by atoms with Crippen LogP contribution in [0.1, 0.15) is 19.8 Å². The molecule has 13 heavy (non-hydrogen) atoms. The smallest absolute Gasteiger partial charge is 0.136 e. The number of carboxylic acid groups (broad SMARTS) is 1. The maximum absolute atomic E-state index is 11.2. The van der Waals surface area contributed by atoms with Crippen molar-refractivity contribution in [1.29, 1.82) is 0 Å². The van der Waals surface area contributed by atoms with Gasteiger partial charge in [-0.15, -0.1) is 0 Å². The third-order valence-corrected chi connectivity index (χ3v) is 3.01. The van der Waals surface area contributed by atoms with E-state index in [2.05, 4.69) is 0 Å². The van der Waals surface area contributed by atoms with Crippen LogP contribution in [0.4, 0.5) is 0 Å². The minimum Gasteiger partial charge on any atom is -0.550 e. The minimum atomic E-state index is -1.15. The highest BCUT2D eigenvalue weighted by atomic mass is 16.5. The molecule has 0 spiro atoms. The van der Waals surface area contributed by atoms with Crippen molar-refractivity contribution in [2.75, 3.05) is 0 Å². The average molecular weight is 183 g/mol. The van der Waals surface area contributed by atoms with E-state index in [9.17, 15) is 14.7 Å². The van der Waals surface area contributed by atoms with Crippen molar-refractivity contribution >= 4 is 11.8 Å². The maximum Gasteiger partial charge on any atom is 0.136 e. The van der Waals surface area contributed by atoms with Crippen LogP contribution in [0.5, 0.6) is 0 Å². The Morgan fingerprint density at radius 3 is 2.15 bits per heavy atom. The van der Waals surface area contributed by atoms with Crippen molar-refractivity contribution < 1.29 is 19.4 Å². The molecule has 0 N–H and O–H groups in total. The molecular formula is C9H11O4-. The van der Waals surface area contributed by atoms with Gasteiger partial charge >= 0.3 is 0 Å². The van der Waals surface area contributed by atoms with E-state index >= 15 is 0 Å². The number of fused-ring (bicyclic) bond motifs is 2. The molecular weight excluding hydrogens is 172 g/mol. The molecule has 4 nitrogen and oxygen atoms in total. The second kappa shape index (κ2) is 2.80. The molecule has 4 atom stereocenters. The topological polar surface area (TPSA) is 66.4 Å². The number of carboxylic acids is 1. The third kappa shape index (κ3) is 1.16. The summed E-state index contributed by atoms with van der Waals surface area (Å²) >= 11 is 0. The van der Waals surface area contributed by atoms with Crippen LogP contribution in [0.25, 0.3) is 0 Å². The van der Waals surface area contributed by atoms with Crippen molar-refractivity contribution in [2.45, 2.75) is 32.0 Å². The molecule has 2 saturated heterocycles. The Balaban J connectivity index is 2.24. The summed E-state index contributed by atoms with van der Waals surface area (Å²) in [5.74, 6) is -2.42. The molecule has 72 valence electrons. The van der Waals surface area contributed by atoms with Crippen molar-refractivity contribution in [3.05, 3.63) is 0 Å². The Bertz CT molecular complexity index is 234. The quantitative estimate of drug-likeness (QED) is 0.557. The second-order valence-corrected chi connectivity index (χ2v) is 3.77. The lowest BCUT2D eigenvalue weighted by atomic mass is 9.77. The summed E-state index contributed by atoms with van der Waals surface area (Å²) in [6.07, 6.45) is 1.08. The summed E-state index contributed by atoms with van der Waals surface area (Å²) in [4.78, 5) is 21.9. The summed E-state index contributed by atoms with van der Waals surface area (Å²) in [5, 5.41) is 10.8. The van der Waals surface area contributed by atoms with E-state index in [0.29, 0.717) is 0 Å². The second-order valence-electron chi connectivity index (χ2n) is 3.77. The lowest BCUT2D eigenvalue weighted by Crippen LogP contribution is -2.44. The number of carbonyl (C=O) groups excluding carboxylic acids is 2. The minimum absolute atomic E-state index is 0.0959. The van der Waals surface area contributed by atoms with Gasteiger partial charge in [0.2, 0.25) is 0 Å². The van der Waals surface area contributed by atoms with E-state index in [0.717, 1.165) is 12.8 Å². The Morgan fingerprint density at radius 1 is 1.23 bits per heavy atom. The normalized spacial score (nSPS) is 42.2. The molecule has 0 aromatic carbocycles. The number of aliphatic carboxylic acids is 1. The standard InChI is InChI=1S/C9H12O4/c1-4(10)7-5-2-3-6(13-5)8(7)9(11)12/h5-8H,2-3H2,1H3,(H,11,12)/p-1/t5-,6+,7?,8?/m1/s1. The largest absolute Gasteiger partial charge is 0.550 e. The van der Waals surface area contributed by atoms with Gasteiger partial charge in [-0.05, 0) is 19.8 Å². The van der Waals surface area contributed by atoms with Gasteiger partial charge in [0.15, 0.2) is 0 Å². The SMILES string of the molecule is CC(=O)C1C(C(=O)[O-])[C@@H]2CC[C@H]1O2. The summed E-state index contributed by atoms with van der Waals surface area (Å²) in [5.41, 5.74) is 0. The first kappa shape index (κ1) is 8.69. The lowest BCUT2D eigenvalue weighted by Gasteiger charge is -2.26. The van der Waals surface area contributed by atoms with Crippen molar-refractivity contribution in [2.24, 2.45) is 11.8 Å². The van der Waals surface area contributed by atoms with E-state index in [1.54, 1.807) is 0 Å². The molecule has 2 heterocycles. The highest BCUT2D eigenvalue weighted by molar-refractivity contribution is 5.85. The molecule has 0 aliphatic carbocycles. The first-order valence-corrected chi connectivity index (χ1v) is 4.48. The summed E-state index contributed by atoms with van der Waals surface area (Å²) in [6, 6.07) is 0. The maximum atomic E-state index is 11.2. The van der Waals surface area contributed by atoms with Crippen LogP contribution in [0.2, 0.25) is 0 Å². The Hall–Kier alpha value is -0.900. The van der Waals surface area contributed by atoms with Gasteiger partial charge in [0.25, 0.3) is 0 Å². The molecule has 0 amide bonds. The molecule has 0 aromatic rings. The first-order valence-electron chi connectivity index (χ1n) is 4.48. The van der Waals surface area contributed by atoms with Crippen LogP contribution in [0, 0.1) is 11.8 Å². The van der Waals surface area contributed by atoms with Crippen LogP contribution in [-0.4, -0.2) is 24.0 Å². The van der Waals surface area contributed by atoms with Crippen molar-refractivity contribution in [1.82, 2.24) is 0 Å². The van der Waals surface area contributed by atoms with Crippen LogP contribution in [-0.2, 0) is 14.3 Å². The predicted octanol–water partition coefficient (Wildman–Crippen LogP) is -0.881. The van der Waals surface area contributed by atoms with E-state index in [1.165, 1.54) is 6.92 Å². The number of carbonyl (C=O) groups is 2. The zero-order chi connectivity index (χ0) is 9.59. The highest BCUT2D eigenvalue weighted by Crippen LogP contribution is 2.43. The van der Waals surface area contributed by atoms with E-state index in [4.69, 9.17) is 4.74 Å². The van der Waals surface area contributed by atoms with E-state index < -0.39 is 17.8 Å². The predicted molar refractivity (Wildman–Crippen MR) is 40.6 cm³/mol. The molecule has 2 aliphatic rings. The zero-order valence-corrected chi connectivity index (χ0v) is 7.36. The number of rotatable bonds is 2. The number of ketones is 1. The van der Waals surface area contributed by atoms with Crippen LogP contribution < -0.4 is 5.11 Å². The lowest BCUT2D eigenvalue weighted by molar-refractivity contribution is -0.313. The van der Waals surface area contributed by atoms with Gasteiger partial charge in [-0.1, -0.05) is 0 Å². The van der Waals surface area contributed by atoms with E-state index in [1.807, 2.05) is 0 Å². The third-order valence-electron chi connectivity index (χ3n) is 3.01. The van der Waals surface area contributed by atoms with Gasteiger partial charge < -0.3 is 14.6 Å². The monoisotopic (exact) mass is 183 g/mol. The Morgan fingerprint density at radius 2 is 1.77 bits per heavy atom. The molecule has 2 aliphatic heterocycles. The van der Waals surface area contributed by atoms with Crippen LogP contribution in [0.3, 0.4) is 0 Å². The van der Waals surface area contributed by atoms with Gasteiger partial charge in [0, 0.05) is 11.9 Å². The van der Waals surface area contributed by atoms with Gasteiger partial charge in [-0.25, -0.2) is 0 Å². The molecule has 4 heteroatoms. The fourth-order valence-electron chi connectivity index (χ4n) is 2.49. The number of ether oxygens (including phenoxy) is 1. The van der Waals surface area contributed by atoms with Crippen molar-refractivity contribution in [3.63, 3.8) is 0 Å². The Labute approximate surface area is 75.9 Å². The zero-order valence-electron chi connectivity index (χ0n) is 7.36. The van der Waals surface area contributed by atoms with Crippen LogP contribution in [0.15, 0.2) is 0 Å². The fraction of sp³-hybridized carbons (Fsp3) is 0.778. The average Bonchev–Trinajstić information content (AvgIpc) is 2.60. The molecule has 2 rings (SSSR count). The van der Waals surface area contributed by atoms with Gasteiger partial charge in [-0.3, -0.25) is 4.79 Å². The molecule has 0 radical (unpaired) electrons. The number of Topliss-reactive ketones (excluding diaryl/α,β-unsaturated/α-hetero) is 1. The van der Waals surface area contributed by atoms with Crippen LogP contribution >= 0.6 is 0 Å². The highest BCUT2D eigenvalue weighted by Gasteiger charge is 2.51. The molecule has 0 saturated carbocycles. The summed E-state index contributed by atoms with van der Waals surface area (Å²) in [6.45, 7) is 1.42. The van der Waals surface area contributed by atoms with Gasteiger partial charge in [-0.2, -0.15) is 0 Å². The number of hydrogen-bond acceptors (Lipinski definition) is 4. The number of hydrogen-bond donors (Lipinski definition) is 0. The summed E-state index contributed by atoms with van der Waals surface area (Å²) in [7, 11) is 0.